The molecular formula is C24H29N2O4+. The van der Waals surface area contributed by atoms with Crippen LogP contribution in [0.5, 0.6) is 0 Å². The van der Waals surface area contributed by atoms with Crippen molar-refractivity contribution in [3.8, 4) is 0 Å². The number of pyridine rings is 1. The third-order valence-corrected chi connectivity index (χ3v) is 8.62. The number of rotatable bonds is 3. The maximum Gasteiger partial charge on any atom is 0.269 e. The van der Waals surface area contributed by atoms with Crippen LogP contribution in [-0.4, -0.2) is 20.8 Å². The minimum atomic E-state index is -0.736. The number of fused-ring (bicyclic) bond motifs is 5. The standard InChI is InChI=1S/C24H29N2O4/c1-23-10-6-20-19-5-3-18(26(29)30)14-17(19)2-4-21(20)22(23)7-11-24(23,27)15-16-8-12-25(28)13-9-16/h3,5,8-9,12-14,20-22,27-28H,2,4,6-7,10-11,15H2,1H3/q+1/t20?,21?,22?,23-,24+/m0/s1. The zero-order chi connectivity index (χ0) is 21.1. The summed E-state index contributed by atoms with van der Waals surface area (Å²) in [5.74, 6) is 1.44. The smallest absolute Gasteiger partial charge is 0.269 e. The zero-order valence-corrected chi connectivity index (χ0v) is 17.3. The molecule has 158 valence electrons. The average molecular weight is 410 g/mol. The van der Waals surface area contributed by atoms with E-state index in [4.69, 9.17) is 0 Å². The van der Waals surface area contributed by atoms with Crippen molar-refractivity contribution in [1.82, 2.24) is 0 Å². The van der Waals surface area contributed by atoms with Crippen molar-refractivity contribution < 1.29 is 20.0 Å². The van der Waals surface area contributed by atoms with Gasteiger partial charge in [0.1, 0.15) is 0 Å². The van der Waals surface area contributed by atoms with E-state index in [0.717, 1.165) is 54.4 Å². The minimum Gasteiger partial charge on any atom is -0.389 e. The first-order valence-electron chi connectivity index (χ1n) is 11.0. The van der Waals surface area contributed by atoms with Gasteiger partial charge in [0.25, 0.3) is 5.69 Å². The third kappa shape index (κ3) is 2.84. The normalized spacial score (nSPS) is 34.7. The zero-order valence-electron chi connectivity index (χ0n) is 17.3. The van der Waals surface area contributed by atoms with Crippen LogP contribution in [0.15, 0.2) is 42.7 Å². The van der Waals surface area contributed by atoms with Crippen molar-refractivity contribution in [2.75, 3.05) is 0 Å². The number of hydrogen-bond acceptors (Lipinski definition) is 4. The van der Waals surface area contributed by atoms with E-state index in [2.05, 4.69) is 6.92 Å². The molecule has 0 aliphatic heterocycles. The molecule has 3 unspecified atom stereocenters. The summed E-state index contributed by atoms with van der Waals surface area (Å²) in [6.45, 7) is 2.28. The Hall–Kier alpha value is -2.47. The van der Waals surface area contributed by atoms with Gasteiger partial charge in [-0.15, -0.1) is 0 Å². The van der Waals surface area contributed by atoms with Crippen LogP contribution in [0.4, 0.5) is 5.69 Å². The number of aliphatic hydroxyl groups is 1. The second-order valence-corrected chi connectivity index (χ2v) is 9.85. The number of aromatic nitrogens is 1. The fraction of sp³-hybridized carbons (Fsp3) is 0.542. The van der Waals surface area contributed by atoms with Crippen LogP contribution in [0.1, 0.15) is 61.6 Å². The Kier molecular flexibility index (Phi) is 4.40. The Morgan fingerprint density at radius 1 is 1.17 bits per heavy atom. The summed E-state index contributed by atoms with van der Waals surface area (Å²) >= 11 is 0. The highest BCUT2D eigenvalue weighted by molar-refractivity contribution is 5.44. The molecule has 2 N–H and O–H groups in total. The lowest BCUT2D eigenvalue weighted by Gasteiger charge is -2.53. The molecule has 5 rings (SSSR count). The second-order valence-electron chi connectivity index (χ2n) is 9.85. The summed E-state index contributed by atoms with van der Waals surface area (Å²) in [5, 5.41) is 32.5. The van der Waals surface area contributed by atoms with E-state index >= 15 is 0 Å². The lowest BCUT2D eigenvalue weighted by Crippen LogP contribution is -2.52. The largest absolute Gasteiger partial charge is 0.389 e. The quantitative estimate of drug-likeness (QED) is 0.348. The van der Waals surface area contributed by atoms with Gasteiger partial charge < -0.3 is 5.11 Å². The van der Waals surface area contributed by atoms with Crippen LogP contribution < -0.4 is 4.73 Å². The van der Waals surface area contributed by atoms with Crippen molar-refractivity contribution in [3.05, 3.63) is 69.5 Å². The Labute approximate surface area is 176 Å². The topological polar surface area (TPSA) is 87.5 Å². The molecule has 6 heteroatoms. The lowest BCUT2D eigenvalue weighted by molar-refractivity contribution is -0.904. The van der Waals surface area contributed by atoms with Crippen molar-refractivity contribution in [2.45, 2.75) is 63.4 Å². The molecule has 0 bridgehead atoms. The van der Waals surface area contributed by atoms with Gasteiger partial charge in [0.05, 0.1) is 10.5 Å². The van der Waals surface area contributed by atoms with Crippen molar-refractivity contribution in [1.29, 1.82) is 0 Å². The molecule has 0 spiro atoms. The van der Waals surface area contributed by atoms with Crippen molar-refractivity contribution in [3.63, 3.8) is 0 Å². The Morgan fingerprint density at radius 3 is 2.67 bits per heavy atom. The molecule has 0 radical (unpaired) electrons. The molecule has 2 fully saturated rings. The van der Waals surface area contributed by atoms with Crippen LogP contribution in [0.2, 0.25) is 0 Å². The summed E-state index contributed by atoms with van der Waals surface area (Å²) in [5.41, 5.74) is 2.81. The molecule has 2 saturated carbocycles. The summed E-state index contributed by atoms with van der Waals surface area (Å²) in [6, 6.07) is 9.17. The molecule has 5 atom stereocenters. The fourth-order valence-corrected chi connectivity index (χ4v) is 6.99. The summed E-state index contributed by atoms with van der Waals surface area (Å²) < 4.78 is 1.03. The van der Waals surface area contributed by atoms with Gasteiger partial charge in [-0.1, -0.05) is 13.0 Å². The Bertz CT molecular complexity index is 991. The molecule has 0 amide bonds. The van der Waals surface area contributed by atoms with Crippen LogP contribution in [0, 0.1) is 27.4 Å². The van der Waals surface area contributed by atoms with Gasteiger partial charge in [-0.25, -0.2) is 0 Å². The van der Waals surface area contributed by atoms with E-state index in [1.54, 1.807) is 24.5 Å². The number of non-ortho nitro benzene ring substituents is 1. The molecule has 1 heterocycles. The predicted octanol–water partition coefficient (Wildman–Crippen LogP) is 3.95. The molecule has 6 nitrogen and oxygen atoms in total. The number of hydrogen-bond donors (Lipinski definition) is 2. The highest BCUT2D eigenvalue weighted by Crippen LogP contribution is 2.64. The highest BCUT2D eigenvalue weighted by Gasteiger charge is 2.61. The van der Waals surface area contributed by atoms with E-state index in [1.165, 1.54) is 5.56 Å². The van der Waals surface area contributed by atoms with Gasteiger partial charge in [-0.05, 0) is 78.4 Å². The summed E-state index contributed by atoms with van der Waals surface area (Å²) in [6.07, 6.45) is 9.60. The maximum atomic E-state index is 11.8. The van der Waals surface area contributed by atoms with Crippen LogP contribution in [0.25, 0.3) is 0 Å². The Morgan fingerprint density at radius 2 is 1.93 bits per heavy atom. The molecule has 2 aromatic rings. The van der Waals surface area contributed by atoms with E-state index < -0.39 is 5.60 Å². The fourth-order valence-electron chi connectivity index (χ4n) is 6.99. The minimum absolute atomic E-state index is 0.128. The lowest BCUT2D eigenvalue weighted by atomic mass is 9.53. The average Bonchev–Trinajstić information content (AvgIpc) is 3.00. The number of aryl methyl sites for hydroxylation is 1. The Balaban J connectivity index is 1.42. The SMILES string of the molecule is C[C@]12CCC3c4ccc([N+](=O)[O-])cc4CCC3C1CC[C@@]2(O)Cc1cc[n+](O)cc1. The van der Waals surface area contributed by atoms with Crippen LogP contribution in [0.3, 0.4) is 0 Å². The van der Waals surface area contributed by atoms with Gasteiger partial charge in [0.2, 0.25) is 12.4 Å². The van der Waals surface area contributed by atoms with Crippen molar-refractivity contribution in [2.24, 2.45) is 17.3 Å². The number of benzene rings is 1. The van der Waals surface area contributed by atoms with Crippen LogP contribution >= 0.6 is 0 Å². The van der Waals surface area contributed by atoms with E-state index in [1.807, 2.05) is 18.2 Å². The molecule has 1 aromatic carbocycles. The van der Waals surface area contributed by atoms with Gasteiger partial charge >= 0.3 is 0 Å². The predicted molar refractivity (Wildman–Crippen MR) is 110 cm³/mol. The first-order chi connectivity index (χ1) is 14.3. The van der Waals surface area contributed by atoms with Gasteiger partial charge in [0.15, 0.2) is 0 Å². The molecule has 30 heavy (non-hydrogen) atoms. The van der Waals surface area contributed by atoms with E-state index in [9.17, 15) is 20.4 Å². The summed E-state index contributed by atoms with van der Waals surface area (Å²) in [7, 11) is 0. The highest BCUT2D eigenvalue weighted by atomic mass is 16.6. The first kappa shape index (κ1) is 19.5. The number of nitro benzene ring substituents is 1. The molecule has 1 aromatic heterocycles. The number of nitrogens with zero attached hydrogens (tertiary/aromatic N) is 2. The van der Waals surface area contributed by atoms with Gasteiger partial charge in [-0.2, -0.15) is 0 Å². The van der Waals surface area contributed by atoms with E-state index in [-0.39, 0.29) is 16.0 Å². The molecule has 3 aliphatic carbocycles. The molecule has 0 saturated heterocycles. The first-order valence-corrected chi connectivity index (χ1v) is 11.0. The number of nitro groups is 1. The maximum absolute atomic E-state index is 11.8. The summed E-state index contributed by atoms with van der Waals surface area (Å²) in [4.78, 5) is 10.9. The van der Waals surface area contributed by atoms with E-state index in [0.29, 0.717) is 24.2 Å². The van der Waals surface area contributed by atoms with Gasteiger partial charge in [0, 0.05) is 35.4 Å². The second kappa shape index (κ2) is 6.77. The van der Waals surface area contributed by atoms with Crippen molar-refractivity contribution >= 4 is 5.69 Å². The molecular weight excluding hydrogens is 380 g/mol. The monoisotopic (exact) mass is 409 g/mol. The molecule has 3 aliphatic rings. The van der Waals surface area contributed by atoms with Crippen LogP contribution in [-0.2, 0) is 12.8 Å². The van der Waals surface area contributed by atoms with Gasteiger partial charge in [-0.3, -0.25) is 15.3 Å². The third-order valence-electron chi connectivity index (χ3n) is 8.62.